The van der Waals surface area contributed by atoms with Gasteiger partial charge in [-0.25, -0.2) is 27.2 Å². The van der Waals surface area contributed by atoms with Crippen LogP contribution in [0, 0.1) is 24.0 Å². The summed E-state index contributed by atoms with van der Waals surface area (Å²) in [4.78, 5) is 81.1. The number of pyridine rings is 1. The van der Waals surface area contributed by atoms with Gasteiger partial charge >= 0.3 is 0 Å². The van der Waals surface area contributed by atoms with Crippen LogP contribution in [0.25, 0.3) is 32.6 Å². The van der Waals surface area contributed by atoms with Crippen molar-refractivity contribution in [2.24, 2.45) is 5.41 Å². The van der Waals surface area contributed by atoms with E-state index in [0.717, 1.165) is 39.4 Å². The summed E-state index contributed by atoms with van der Waals surface area (Å²) in [5.41, 5.74) is 4.64. The number of β-amino-alcohol motifs (C(OH)–C–C–N with tert-alkyl or cyclic N) is 1. The van der Waals surface area contributed by atoms with Gasteiger partial charge in [0.2, 0.25) is 39.4 Å². The SMILES string of the molecule is CCCS(=O)(=O)Nc1ccc(F)c(C(=O)c2c[nH]c3ncc(-c4ccc(CNC(=O)CCCC(=O)N[C@H](C(=O)N5C[C@H](O)C[C@H]5C(=O)NCc5ccc(-c6scnc6C)cc5)C(C)(C)C)cc4)cc23)c1F. The highest BCUT2D eigenvalue weighted by atomic mass is 32.2. The van der Waals surface area contributed by atoms with Crippen molar-refractivity contribution >= 4 is 67.5 Å². The van der Waals surface area contributed by atoms with E-state index >= 15 is 4.39 Å². The first-order valence-corrected chi connectivity index (χ1v) is 25.7. The molecule has 0 unspecified atom stereocenters. The van der Waals surface area contributed by atoms with Crippen molar-refractivity contribution in [2.75, 3.05) is 17.0 Å². The highest BCUT2D eigenvalue weighted by molar-refractivity contribution is 7.92. The van der Waals surface area contributed by atoms with Crippen LogP contribution in [-0.4, -0.2) is 93.3 Å². The fraction of sp³-hybridized carbons (Fsp3) is 0.353. The molecule has 0 aliphatic carbocycles. The number of aryl methyl sites for hydroxylation is 1. The quantitative estimate of drug-likeness (QED) is 0.0459. The summed E-state index contributed by atoms with van der Waals surface area (Å²) in [6.07, 6.45) is 2.43. The number of anilines is 1. The number of fused-ring (bicyclic) bond motifs is 1. The number of benzene rings is 3. The number of carbonyl (C=O) groups excluding carboxylic acids is 5. The zero-order valence-corrected chi connectivity index (χ0v) is 41.5. The number of aliphatic hydroxyl groups is 1. The normalized spacial score (nSPS) is 15.4. The molecule has 1 aliphatic heterocycles. The number of aromatic amines is 1. The van der Waals surface area contributed by atoms with Crippen molar-refractivity contribution in [1.29, 1.82) is 0 Å². The Bertz CT molecular complexity index is 3060. The summed E-state index contributed by atoms with van der Waals surface area (Å²) in [5.74, 6) is -5.43. The third-order valence-corrected chi connectivity index (χ3v) is 14.6. The highest BCUT2D eigenvalue weighted by Crippen LogP contribution is 2.32. The molecule has 3 atom stereocenters. The summed E-state index contributed by atoms with van der Waals surface area (Å²) in [7, 11) is -3.93. The zero-order chi connectivity index (χ0) is 51.2. The van der Waals surface area contributed by atoms with Crippen LogP contribution in [-0.2, 0) is 42.3 Å². The van der Waals surface area contributed by atoms with Crippen LogP contribution in [0.5, 0.6) is 0 Å². The van der Waals surface area contributed by atoms with Crippen molar-refractivity contribution < 1.29 is 46.3 Å². The van der Waals surface area contributed by atoms with Gasteiger partial charge in [-0.05, 0) is 65.6 Å². The van der Waals surface area contributed by atoms with E-state index in [1.165, 1.54) is 11.1 Å². The van der Waals surface area contributed by atoms with E-state index in [1.807, 2.05) is 31.2 Å². The second-order valence-electron chi connectivity index (χ2n) is 18.6. The van der Waals surface area contributed by atoms with E-state index in [4.69, 9.17) is 0 Å². The number of nitrogens with one attached hydrogen (secondary N) is 5. The lowest BCUT2D eigenvalue weighted by atomic mass is 9.85. The number of thiazole rings is 1. The summed E-state index contributed by atoms with van der Waals surface area (Å²) < 4.78 is 57.2. The molecule has 0 radical (unpaired) electrons. The van der Waals surface area contributed by atoms with Gasteiger partial charge in [0.1, 0.15) is 23.5 Å². The van der Waals surface area contributed by atoms with Gasteiger partial charge < -0.3 is 30.9 Å². The van der Waals surface area contributed by atoms with Gasteiger partial charge in [-0.1, -0.05) is 76.2 Å². The first kappa shape index (κ1) is 51.9. The third kappa shape index (κ3) is 12.5. The van der Waals surface area contributed by atoms with Crippen LogP contribution in [0.2, 0.25) is 0 Å². The third-order valence-electron chi connectivity index (χ3n) is 12.1. The van der Waals surface area contributed by atoms with Crippen LogP contribution >= 0.6 is 11.3 Å². The van der Waals surface area contributed by atoms with Crippen molar-refractivity contribution in [1.82, 2.24) is 35.8 Å². The maximum atomic E-state index is 15.5. The molecule has 16 nitrogen and oxygen atoms in total. The highest BCUT2D eigenvalue weighted by Gasteiger charge is 2.44. The molecule has 3 aromatic heterocycles. The molecule has 4 heterocycles. The van der Waals surface area contributed by atoms with E-state index < -0.39 is 80.0 Å². The predicted octanol–water partition coefficient (Wildman–Crippen LogP) is 6.92. The minimum atomic E-state index is -3.93. The van der Waals surface area contributed by atoms with Crippen molar-refractivity contribution in [3.8, 4) is 21.6 Å². The Kier molecular flexibility index (Phi) is 16.1. The molecule has 71 heavy (non-hydrogen) atoms. The molecule has 6 N–H and O–H groups in total. The molecule has 3 aromatic carbocycles. The molecule has 0 saturated carbocycles. The van der Waals surface area contributed by atoms with Gasteiger partial charge in [-0.3, -0.25) is 28.7 Å². The first-order valence-electron chi connectivity index (χ1n) is 23.1. The van der Waals surface area contributed by atoms with Crippen LogP contribution in [0.4, 0.5) is 14.5 Å². The number of H-pyrrole nitrogens is 1. The number of aromatic nitrogens is 3. The van der Waals surface area contributed by atoms with Gasteiger partial charge in [0.05, 0.1) is 39.2 Å². The maximum Gasteiger partial charge on any atom is 0.246 e. The molecule has 1 aliphatic rings. The van der Waals surface area contributed by atoms with Crippen molar-refractivity contribution in [3.05, 3.63) is 124 Å². The Morgan fingerprint density at radius 1 is 0.901 bits per heavy atom. The van der Waals surface area contributed by atoms with Crippen LogP contribution < -0.4 is 20.7 Å². The summed E-state index contributed by atoms with van der Waals surface area (Å²) in [6, 6.07) is 16.3. The zero-order valence-electron chi connectivity index (χ0n) is 39.9. The predicted molar refractivity (Wildman–Crippen MR) is 266 cm³/mol. The Morgan fingerprint density at radius 2 is 1.56 bits per heavy atom. The number of rotatable bonds is 19. The number of aliphatic hydroxyl groups excluding tert-OH is 1. The minimum absolute atomic E-state index is 0.0315. The maximum absolute atomic E-state index is 15.5. The first-order chi connectivity index (χ1) is 33.7. The molecule has 0 bridgehead atoms. The molecule has 6 aromatic rings. The van der Waals surface area contributed by atoms with E-state index in [-0.39, 0.29) is 80.0 Å². The van der Waals surface area contributed by atoms with Crippen molar-refractivity contribution in [3.63, 3.8) is 0 Å². The Morgan fingerprint density at radius 3 is 2.21 bits per heavy atom. The van der Waals surface area contributed by atoms with Gasteiger partial charge in [-0.2, -0.15) is 0 Å². The molecular weight excluding hydrogens is 955 g/mol. The van der Waals surface area contributed by atoms with E-state index in [9.17, 15) is 41.9 Å². The fourth-order valence-corrected chi connectivity index (χ4v) is 10.3. The topological polar surface area (TPSA) is 233 Å². The summed E-state index contributed by atoms with van der Waals surface area (Å²) in [5, 5.41) is 19.4. The largest absolute Gasteiger partial charge is 0.391 e. The monoisotopic (exact) mass is 1010 g/mol. The Hall–Kier alpha value is -6.90. The molecule has 7 rings (SSSR count). The smallest absolute Gasteiger partial charge is 0.246 e. The van der Waals surface area contributed by atoms with Crippen LogP contribution in [0.15, 0.2) is 84.6 Å². The van der Waals surface area contributed by atoms with E-state index in [1.54, 1.807) is 81.1 Å². The van der Waals surface area contributed by atoms with E-state index in [2.05, 4.69) is 35.6 Å². The molecule has 4 amide bonds. The summed E-state index contributed by atoms with van der Waals surface area (Å²) in [6.45, 7) is 9.31. The molecule has 1 fully saturated rings. The van der Waals surface area contributed by atoms with Crippen LogP contribution in [0.3, 0.4) is 0 Å². The fourth-order valence-electron chi connectivity index (χ4n) is 8.34. The Balaban J connectivity index is 0.894. The molecule has 1 saturated heterocycles. The molecule has 20 heteroatoms. The second kappa shape index (κ2) is 22.0. The lowest BCUT2D eigenvalue weighted by molar-refractivity contribution is -0.144. The molecule has 374 valence electrons. The molecular formula is C51H56F2N8O8S2. The standard InChI is InChI=1S/C51H56F2N8O8S2/c1-6-20-71(68,69)60-39-19-18-38(52)43(44(39)53)45(65)37-26-56-48-36(37)21-34(25-55-48)32-14-10-30(11-15-32)23-54-41(63)8-7-9-42(64)59-47(51(3,4)5)50(67)61-27-35(62)22-40(61)49(66)57-24-31-12-16-33(17-13-31)46-29(2)58-28-70-46/h10-19,21,25-26,28,35,40,47,60,62H,6-9,20,22-24,27H2,1-5H3,(H,54,63)(H,55,56)(H,57,66)(H,59,64)/t35-,40+,47-/m1/s1. The lowest BCUT2D eigenvalue weighted by Gasteiger charge is -2.35. The number of hydrogen-bond acceptors (Lipinski definition) is 11. The average molecular weight is 1010 g/mol. The number of likely N-dealkylation sites (tertiary alicyclic amines) is 1. The molecule has 0 spiro atoms. The van der Waals surface area contributed by atoms with Gasteiger partial charge in [0, 0.05) is 67.8 Å². The number of nitrogens with zero attached hydrogens (tertiary/aromatic N) is 3. The van der Waals surface area contributed by atoms with Gasteiger partial charge in [-0.15, -0.1) is 11.3 Å². The number of ketones is 1. The lowest BCUT2D eigenvalue weighted by Crippen LogP contribution is -2.57. The number of hydrogen-bond donors (Lipinski definition) is 6. The minimum Gasteiger partial charge on any atom is -0.391 e. The number of halogens is 2. The number of sulfonamides is 1. The van der Waals surface area contributed by atoms with Crippen molar-refractivity contribution in [2.45, 2.75) is 98.0 Å². The number of carbonyl (C=O) groups is 5. The van der Waals surface area contributed by atoms with Gasteiger partial charge in [0.25, 0.3) is 0 Å². The van der Waals surface area contributed by atoms with E-state index in [0.29, 0.717) is 11.1 Å². The summed E-state index contributed by atoms with van der Waals surface area (Å²) >= 11 is 1.55. The number of amides is 4. The van der Waals surface area contributed by atoms with Gasteiger partial charge in [0.15, 0.2) is 5.82 Å². The average Bonchev–Trinajstić information content (AvgIpc) is 4.08. The van der Waals surface area contributed by atoms with Crippen LogP contribution in [0.1, 0.15) is 92.5 Å². The second-order valence-corrected chi connectivity index (χ2v) is 21.3. The Labute approximate surface area is 414 Å².